The summed E-state index contributed by atoms with van der Waals surface area (Å²) >= 11 is 0. The molecule has 132 valence electrons. The molecule has 1 N–H and O–H groups in total. The third kappa shape index (κ3) is 5.37. The molecule has 1 unspecified atom stereocenters. The molecule has 6 heteroatoms. The number of carbonyl (C=O) groups is 2. The van der Waals surface area contributed by atoms with Crippen LogP contribution in [0.2, 0.25) is 0 Å². The van der Waals surface area contributed by atoms with E-state index in [1.165, 1.54) is 37.0 Å². The third-order valence-corrected chi connectivity index (χ3v) is 4.47. The molecular weight excluding hydrogens is 298 g/mol. The Kier molecular flexibility index (Phi) is 5.89. The number of amides is 1. The first-order valence-electron chi connectivity index (χ1n) is 8.60. The zero-order valence-electron chi connectivity index (χ0n) is 14.4. The Morgan fingerprint density at radius 3 is 2.39 bits per heavy atom. The SMILES string of the molecule is CC(C)(C)OC(=O)N1CC(OCC2CCCCC2)C[C@H]1C(=O)O. The van der Waals surface area contributed by atoms with Crippen molar-refractivity contribution in [2.24, 2.45) is 5.92 Å². The third-order valence-electron chi connectivity index (χ3n) is 4.47. The molecule has 2 fully saturated rings. The second-order valence-electron chi connectivity index (χ2n) is 7.68. The molecule has 1 saturated heterocycles. The number of carbonyl (C=O) groups excluding carboxylic acids is 1. The van der Waals surface area contributed by atoms with Gasteiger partial charge in [0.05, 0.1) is 12.6 Å². The fourth-order valence-corrected chi connectivity index (χ4v) is 3.30. The largest absolute Gasteiger partial charge is 0.480 e. The van der Waals surface area contributed by atoms with Crippen LogP contribution in [0.25, 0.3) is 0 Å². The molecule has 0 radical (unpaired) electrons. The van der Waals surface area contributed by atoms with E-state index in [2.05, 4.69) is 0 Å². The van der Waals surface area contributed by atoms with E-state index in [4.69, 9.17) is 9.47 Å². The summed E-state index contributed by atoms with van der Waals surface area (Å²) in [5.41, 5.74) is -0.638. The minimum absolute atomic E-state index is 0.217. The highest BCUT2D eigenvalue weighted by molar-refractivity contribution is 5.81. The molecule has 0 aromatic rings. The first kappa shape index (κ1) is 18.0. The summed E-state index contributed by atoms with van der Waals surface area (Å²) in [6.45, 7) is 6.27. The number of ether oxygens (including phenoxy) is 2. The van der Waals surface area contributed by atoms with Crippen molar-refractivity contribution in [1.82, 2.24) is 4.90 Å². The van der Waals surface area contributed by atoms with E-state index in [1.54, 1.807) is 20.8 Å². The van der Waals surface area contributed by atoms with E-state index in [0.717, 1.165) is 0 Å². The van der Waals surface area contributed by atoms with Crippen molar-refractivity contribution in [3.05, 3.63) is 0 Å². The summed E-state index contributed by atoms with van der Waals surface area (Å²) in [4.78, 5) is 24.9. The van der Waals surface area contributed by atoms with Crippen LogP contribution in [0.15, 0.2) is 0 Å². The highest BCUT2D eigenvalue weighted by Gasteiger charge is 2.42. The van der Waals surface area contributed by atoms with Crippen LogP contribution >= 0.6 is 0 Å². The van der Waals surface area contributed by atoms with Crippen LogP contribution < -0.4 is 0 Å². The van der Waals surface area contributed by atoms with Crippen molar-refractivity contribution >= 4 is 12.1 Å². The number of likely N-dealkylation sites (tertiary alicyclic amines) is 1. The van der Waals surface area contributed by atoms with Crippen molar-refractivity contribution in [3.63, 3.8) is 0 Å². The molecule has 1 aliphatic heterocycles. The number of carboxylic acid groups (broad SMARTS) is 1. The van der Waals surface area contributed by atoms with Crippen LogP contribution in [-0.2, 0) is 14.3 Å². The average molecular weight is 327 g/mol. The molecule has 1 aliphatic carbocycles. The summed E-state index contributed by atoms with van der Waals surface area (Å²) in [5, 5.41) is 9.36. The summed E-state index contributed by atoms with van der Waals surface area (Å²) < 4.78 is 11.2. The predicted molar refractivity (Wildman–Crippen MR) is 85.3 cm³/mol. The van der Waals surface area contributed by atoms with Gasteiger partial charge in [-0.05, 0) is 39.5 Å². The second kappa shape index (κ2) is 7.51. The molecule has 2 aliphatic rings. The molecule has 1 saturated carbocycles. The highest BCUT2D eigenvalue weighted by Crippen LogP contribution is 2.27. The molecular formula is C17H29NO5. The van der Waals surface area contributed by atoms with E-state index in [-0.39, 0.29) is 6.10 Å². The Morgan fingerprint density at radius 1 is 1.17 bits per heavy atom. The lowest BCUT2D eigenvalue weighted by molar-refractivity contribution is -0.142. The first-order valence-corrected chi connectivity index (χ1v) is 8.60. The van der Waals surface area contributed by atoms with E-state index in [0.29, 0.717) is 25.5 Å². The van der Waals surface area contributed by atoms with Crippen LogP contribution in [-0.4, -0.2) is 53.0 Å². The van der Waals surface area contributed by atoms with Gasteiger partial charge in [0.2, 0.25) is 0 Å². The molecule has 0 aromatic carbocycles. The van der Waals surface area contributed by atoms with Gasteiger partial charge in [-0.25, -0.2) is 9.59 Å². The Labute approximate surface area is 138 Å². The number of hydrogen-bond donors (Lipinski definition) is 1. The number of rotatable bonds is 4. The van der Waals surface area contributed by atoms with Crippen molar-refractivity contribution in [2.75, 3.05) is 13.2 Å². The standard InChI is InChI=1S/C17H29NO5/c1-17(2,3)23-16(21)18-10-13(9-14(18)15(19)20)22-11-12-7-5-4-6-8-12/h12-14H,4-11H2,1-3H3,(H,19,20)/t13?,14-/m0/s1. The summed E-state index contributed by atoms with van der Waals surface area (Å²) in [6, 6.07) is -0.860. The summed E-state index contributed by atoms with van der Waals surface area (Å²) in [6.07, 6.45) is 5.71. The Balaban J connectivity index is 1.89. The number of aliphatic carboxylic acids is 1. The van der Waals surface area contributed by atoms with Crippen molar-refractivity contribution in [3.8, 4) is 0 Å². The normalized spacial score (nSPS) is 26.3. The van der Waals surface area contributed by atoms with Crippen molar-refractivity contribution in [1.29, 1.82) is 0 Å². The molecule has 2 atom stereocenters. The molecule has 6 nitrogen and oxygen atoms in total. The maximum Gasteiger partial charge on any atom is 0.411 e. The minimum Gasteiger partial charge on any atom is -0.480 e. The Hall–Kier alpha value is -1.30. The predicted octanol–water partition coefficient (Wildman–Crippen LogP) is 3.05. The van der Waals surface area contributed by atoms with Gasteiger partial charge in [-0.15, -0.1) is 0 Å². The summed E-state index contributed by atoms with van der Waals surface area (Å²) in [5.74, 6) is -0.428. The monoisotopic (exact) mass is 327 g/mol. The van der Waals surface area contributed by atoms with Crippen molar-refractivity contribution < 1.29 is 24.2 Å². The maximum atomic E-state index is 12.2. The van der Waals surface area contributed by atoms with Crippen LogP contribution in [0.1, 0.15) is 59.3 Å². The molecule has 2 rings (SSSR count). The number of carboxylic acids is 1. The number of hydrogen-bond acceptors (Lipinski definition) is 4. The molecule has 1 amide bonds. The second-order valence-corrected chi connectivity index (χ2v) is 7.68. The molecule has 0 bridgehead atoms. The van der Waals surface area contributed by atoms with Gasteiger partial charge >= 0.3 is 12.1 Å². The van der Waals surface area contributed by atoms with Crippen LogP contribution in [0.4, 0.5) is 4.79 Å². The lowest BCUT2D eigenvalue weighted by Gasteiger charge is -2.26. The number of nitrogens with zero attached hydrogens (tertiary/aromatic N) is 1. The smallest absolute Gasteiger partial charge is 0.411 e. The van der Waals surface area contributed by atoms with E-state index in [1.807, 2.05) is 0 Å². The van der Waals surface area contributed by atoms with Gasteiger partial charge in [0.1, 0.15) is 11.6 Å². The Morgan fingerprint density at radius 2 is 1.83 bits per heavy atom. The highest BCUT2D eigenvalue weighted by atomic mass is 16.6. The van der Waals surface area contributed by atoms with Crippen LogP contribution in [0.5, 0.6) is 0 Å². The lowest BCUT2D eigenvalue weighted by Crippen LogP contribution is -2.43. The fourth-order valence-electron chi connectivity index (χ4n) is 3.30. The van der Waals surface area contributed by atoms with E-state index >= 15 is 0 Å². The lowest BCUT2D eigenvalue weighted by atomic mass is 9.90. The summed E-state index contributed by atoms with van der Waals surface area (Å²) in [7, 11) is 0. The molecule has 23 heavy (non-hydrogen) atoms. The fraction of sp³-hybridized carbons (Fsp3) is 0.882. The van der Waals surface area contributed by atoms with Crippen LogP contribution in [0.3, 0.4) is 0 Å². The minimum atomic E-state index is -1.00. The van der Waals surface area contributed by atoms with E-state index in [9.17, 15) is 14.7 Å². The van der Waals surface area contributed by atoms with E-state index < -0.39 is 23.7 Å². The Bertz CT molecular complexity index is 425. The van der Waals surface area contributed by atoms with Gasteiger partial charge in [0.15, 0.2) is 0 Å². The zero-order chi connectivity index (χ0) is 17.0. The van der Waals surface area contributed by atoms with Crippen LogP contribution in [0, 0.1) is 5.92 Å². The van der Waals surface area contributed by atoms with Gasteiger partial charge in [-0.1, -0.05) is 19.3 Å². The molecule has 0 spiro atoms. The molecule has 0 aromatic heterocycles. The van der Waals surface area contributed by atoms with Gasteiger partial charge in [-0.2, -0.15) is 0 Å². The van der Waals surface area contributed by atoms with Crippen molar-refractivity contribution in [2.45, 2.75) is 77.0 Å². The quantitative estimate of drug-likeness (QED) is 0.859. The van der Waals surface area contributed by atoms with Gasteiger partial charge in [-0.3, -0.25) is 4.90 Å². The first-order chi connectivity index (χ1) is 10.8. The van der Waals surface area contributed by atoms with Gasteiger partial charge in [0, 0.05) is 13.0 Å². The van der Waals surface area contributed by atoms with Gasteiger partial charge in [0.25, 0.3) is 0 Å². The zero-order valence-corrected chi connectivity index (χ0v) is 14.4. The van der Waals surface area contributed by atoms with Gasteiger partial charge < -0.3 is 14.6 Å². The molecule has 1 heterocycles. The topological polar surface area (TPSA) is 76.1 Å². The average Bonchev–Trinajstić information content (AvgIpc) is 2.89. The maximum absolute atomic E-state index is 12.2.